The molecule has 2 N–H and O–H groups in total. The Kier molecular flexibility index (Phi) is 12.3. The summed E-state index contributed by atoms with van der Waals surface area (Å²) in [7, 11) is 4.08. The second-order valence-corrected chi connectivity index (χ2v) is 10.3. The number of unbranched alkanes of at least 4 members (excludes halogenated alkanes) is 1. The highest BCUT2D eigenvalue weighted by atomic mass is 16.7. The molecule has 1 aliphatic heterocycles. The number of pyridine rings is 1. The molecule has 1 aromatic carbocycles. The van der Waals surface area contributed by atoms with Gasteiger partial charge in [0.1, 0.15) is 35.9 Å². The second-order valence-electron chi connectivity index (χ2n) is 10.3. The molecule has 1 aliphatic carbocycles. The molecule has 0 saturated carbocycles. The number of fused-ring (bicyclic) bond motifs is 1. The Labute approximate surface area is 272 Å². The number of aryl methyl sites for hydroxylation is 1. The number of carbonyl (C=O) groups excluding carboxylic acids is 1. The molecular formula is C35H38N2O10. The van der Waals surface area contributed by atoms with Gasteiger partial charge in [-0.25, -0.2) is 9.78 Å². The third-order valence-electron chi connectivity index (χ3n) is 7.42. The lowest BCUT2D eigenvalue weighted by Crippen LogP contribution is -2.06. The van der Waals surface area contributed by atoms with Gasteiger partial charge in [0.15, 0.2) is 11.5 Å². The van der Waals surface area contributed by atoms with Crippen molar-refractivity contribution in [2.45, 2.75) is 45.6 Å². The largest absolute Gasteiger partial charge is 0.500 e. The van der Waals surface area contributed by atoms with Crippen LogP contribution in [0.1, 0.15) is 60.0 Å². The first kappa shape index (κ1) is 34.5. The summed E-state index contributed by atoms with van der Waals surface area (Å²) in [6, 6.07) is 8.27. The number of carboxylic acid groups (broad SMARTS) is 1. The van der Waals surface area contributed by atoms with Gasteiger partial charge in [0.2, 0.25) is 12.7 Å². The van der Waals surface area contributed by atoms with Crippen LogP contribution in [0.4, 0.5) is 0 Å². The van der Waals surface area contributed by atoms with Crippen LogP contribution in [-0.4, -0.2) is 60.7 Å². The third-order valence-corrected chi connectivity index (χ3v) is 7.42. The maximum Gasteiger partial charge on any atom is 0.336 e. The standard InChI is InChI=1S/C34H34N2O9.CH4O/c1-4-5-10-29-33(25-17-35-32(41-3)16-30(25)42-19-22-8-6-7-9-24(22)34(38)39)26(36-45-29)14-21(18-37)13-23-15-31-28(43-20-44-31)12-11-27(23)40-2;1-2/h6-9,12,14-18H,4-5,10-11,13,19-20H2,1-3H3,(H,38,39);2H,1H3/b21-14+;. The fraction of sp³-hybridized carbons (Fsp3) is 0.314. The van der Waals surface area contributed by atoms with E-state index in [1.54, 1.807) is 43.6 Å². The molecule has 2 aromatic heterocycles. The average molecular weight is 647 g/mol. The summed E-state index contributed by atoms with van der Waals surface area (Å²) in [5, 5.41) is 21.0. The number of hydrogen-bond donors (Lipinski definition) is 2. The first-order chi connectivity index (χ1) is 22.9. The summed E-state index contributed by atoms with van der Waals surface area (Å²) in [5.41, 5.74) is 3.44. The molecule has 0 spiro atoms. The minimum atomic E-state index is -1.05. The zero-order valence-corrected chi connectivity index (χ0v) is 26.8. The number of rotatable bonds is 14. The fourth-order valence-corrected chi connectivity index (χ4v) is 5.09. The number of aldehydes is 1. The van der Waals surface area contributed by atoms with Crippen LogP contribution in [0.3, 0.4) is 0 Å². The van der Waals surface area contributed by atoms with Crippen LogP contribution in [0.15, 0.2) is 81.6 Å². The summed E-state index contributed by atoms with van der Waals surface area (Å²) in [6.45, 7) is 2.19. The number of aliphatic hydroxyl groups excluding tert-OH is 1. The predicted octanol–water partition coefficient (Wildman–Crippen LogP) is 6.02. The van der Waals surface area contributed by atoms with Crippen LogP contribution in [0, 0.1) is 0 Å². The molecule has 12 heteroatoms. The van der Waals surface area contributed by atoms with E-state index >= 15 is 0 Å². The van der Waals surface area contributed by atoms with Crippen molar-refractivity contribution >= 4 is 18.3 Å². The smallest absolute Gasteiger partial charge is 0.336 e. The molecule has 3 aromatic rings. The van der Waals surface area contributed by atoms with E-state index in [0.717, 1.165) is 31.8 Å². The zero-order valence-electron chi connectivity index (χ0n) is 26.8. The van der Waals surface area contributed by atoms with Crippen LogP contribution >= 0.6 is 0 Å². The number of aliphatic hydroxyl groups is 1. The van der Waals surface area contributed by atoms with E-state index in [0.29, 0.717) is 75.5 Å². The Morgan fingerprint density at radius 2 is 1.89 bits per heavy atom. The molecule has 0 radical (unpaired) electrons. The van der Waals surface area contributed by atoms with E-state index in [1.165, 1.54) is 13.2 Å². The quantitative estimate of drug-likeness (QED) is 0.155. The van der Waals surface area contributed by atoms with Crippen molar-refractivity contribution in [1.29, 1.82) is 0 Å². The Bertz CT molecular complexity index is 1700. The lowest BCUT2D eigenvalue weighted by Gasteiger charge is -2.14. The van der Waals surface area contributed by atoms with Gasteiger partial charge in [-0.05, 0) is 41.9 Å². The number of aromatic carboxylic acids is 1. The van der Waals surface area contributed by atoms with E-state index in [2.05, 4.69) is 17.1 Å². The van der Waals surface area contributed by atoms with Gasteiger partial charge in [0, 0.05) is 49.8 Å². The van der Waals surface area contributed by atoms with Crippen molar-refractivity contribution in [3.8, 4) is 22.8 Å². The SMILES string of the molecule is CCCCc1onc(/C=C(/C=O)CC2=C(OC)CC=C3OCOC3=C2)c1-c1cnc(OC)cc1OCc1ccccc1C(=O)O.CO. The first-order valence-corrected chi connectivity index (χ1v) is 15.0. The number of benzene rings is 1. The topological polar surface area (TPSA) is 160 Å². The van der Waals surface area contributed by atoms with Crippen LogP contribution < -0.4 is 9.47 Å². The van der Waals surface area contributed by atoms with Crippen molar-refractivity contribution in [2.24, 2.45) is 0 Å². The lowest BCUT2D eigenvalue weighted by atomic mass is 9.98. The Hall–Kier alpha value is -5.36. The van der Waals surface area contributed by atoms with Gasteiger partial charge in [-0.1, -0.05) is 36.7 Å². The van der Waals surface area contributed by atoms with Gasteiger partial charge in [-0.2, -0.15) is 0 Å². The Morgan fingerprint density at radius 1 is 1.11 bits per heavy atom. The van der Waals surface area contributed by atoms with Crippen molar-refractivity contribution in [3.63, 3.8) is 0 Å². The van der Waals surface area contributed by atoms with Crippen LogP contribution in [0.5, 0.6) is 11.6 Å². The van der Waals surface area contributed by atoms with Crippen LogP contribution in [0.25, 0.3) is 17.2 Å². The van der Waals surface area contributed by atoms with E-state index in [1.807, 2.05) is 12.2 Å². The highest BCUT2D eigenvalue weighted by Gasteiger charge is 2.25. The number of ether oxygens (including phenoxy) is 5. The second kappa shape index (κ2) is 16.8. The van der Waals surface area contributed by atoms with E-state index < -0.39 is 5.97 Å². The minimum Gasteiger partial charge on any atom is -0.500 e. The van der Waals surface area contributed by atoms with Crippen molar-refractivity contribution in [2.75, 3.05) is 28.1 Å². The highest BCUT2D eigenvalue weighted by molar-refractivity contribution is 5.89. The van der Waals surface area contributed by atoms with Gasteiger partial charge in [-0.15, -0.1) is 0 Å². The monoisotopic (exact) mass is 646 g/mol. The number of allylic oxidation sites excluding steroid dienone is 4. The summed E-state index contributed by atoms with van der Waals surface area (Å²) in [6.07, 6.45) is 10.8. The highest BCUT2D eigenvalue weighted by Crippen LogP contribution is 2.39. The molecule has 0 bridgehead atoms. The summed E-state index contributed by atoms with van der Waals surface area (Å²) in [4.78, 5) is 28.6. The fourth-order valence-electron chi connectivity index (χ4n) is 5.09. The number of carboxylic acids is 1. The number of methoxy groups -OCH3 is 2. The van der Waals surface area contributed by atoms with E-state index in [9.17, 15) is 14.7 Å². The van der Waals surface area contributed by atoms with Gasteiger partial charge in [0.25, 0.3) is 0 Å². The molecule has 248 valence electrons. The van der Waals surface area contributed by atoms with Crippen LogP contribution in [0.2, 0.25) is 0 Å². The van der Waals surface area contributed by atoms with Crippen LogP contribution in [-0.2, 0) is 32.0 Å². The maximum absolute atomic E-state index is 12.4. The predicted molar refractivity (Wildman–Crippen MR) is 171 cm³/mol. The van der Waals surface area contributed by atoms with Gasteiger partial charge >= 0.3 is 5.97 Å². The van der Waals surface area contributed by atoms with Crippen molar-refractivity contribution in [3.05, 3.63) is 99.7 Å². The molecule has 12 nitrogen and oxygen atoms in total. The molecule has 3 heterocycles. The molecule has 1 saturated heterocycles. The van der Waals surface area contributed by atoms with E-state index in [4.69, 9.17) is 33.3 Å². The number of hydrogen-bond acceptors (Lipinski definition) is 11. The molecule has 2 aliphatic rings. The normalized spacial score (nSPS) is 13.9. The molecule has 5 rings (SSSR count). The minimum absolute atomic E-state index is 0.0204. The Morgan fingerprint density at radius 3 is 2.62 bits per heavy atom. The van der Waals surface area contributed by atoms with Crippen molar-refractivity contribution in [1.82, 2.24) is 10.1 Å². The average Bonchev–Trinajstić information content (AvgIpc) is 3.68. The molecule has 0 atom stereocenters. The zero-order chi connectivity index (χ0) is 33.8. The maximum atomic E-state index is 12.4. The van der Waals surface area contributed by atoms with Crippen molar-refractivity contribution < 1.29 is 48.0 Å². The molecule has 47 heavy (non-hydrogen) atoms. The number of carbonyl (C=O) groups is 2. The van der Waals surface area contributed by atoms with Gasteiger partial charge < -0.3 is 38.4 Å². The summed E-state index contributed by atoms with van der Waals surface area (Å²) in [5.74, 6) is 2.17. The molecule has 0 amide bonds. The third kappa shape index (κ3) is 8.27. The summed E-state index contributed by atoms with van der Waals surface area (Å²) >= 11 is 0. The molecule has 1 fully saturated rings. The molecular weight excluding hydrogens is 608 g/mol. The Balaban J connectivity index is 0.00000245. The van der Waals surface area contributed by atoms with E-state index in [-0.39, 0.29) is 25.4 Å². The lowest BCUT2D eigenvalue weighted by molar-refractivity contribution is -0.104. The first-order valence-electron chi connectivity index (χ1n) is 15.0. The molecule has 0 unspecified atom stereocenters. The van der Waals surface area contributed by atoms with Gasteiger partial charge in [-0.3, -0.25) is 4.79 Å². The number of nitrogens with zero attached hydrogens (tertiary/aromatic N) is 2. The summed E-state index contributed by atoms with van der Waals surface area (Å²) < 4.78 is 34.2. The van der Waals surface area contributed by atoms with Gasteiger partial charge in [0.05, 0.1) is 25.3 Å². The number of aromatic nitrogens is 2.